The molecule has 7 heteroatoms. The van der Waals surface area contributed by atoms with Crippen LogP contribution in [0.3, 0.4) is 0 Å². The summed E-state index contributed by atoms with van der Waals surface area (Å²) in [5.74, 6) is 0.966. The molecule has 0 unspecified atom stereocenters. The van der Waals surface area contributed by atoms with Crippen molar-refractivity contribution >= 4 is 10.0 Å². The largest absolute Gasteiger partial charge is 0.493 e. The molecular formula is C18H28N2O4S. The Morgan fingerprint density at radius 1 is 0.920 bits per heavy atom. The van der Waals surface area contributed by atoms with Gasteiger partial charge in [0.15, 0.2) is 11.5 Å². The first-order chi connectivity index (χ1) is 12.1. The fourth-order valence-corrected chi connectivity index (χ4v) is 5.32. The Morgan fingerprint density at radius 3 is 2.16 bits per heavy atom. The molecule has 0 bridgehead atoms. The van der Waals surface area contributed by atoms with E-state index in [2.05, 4.69) is 4.90 Å². The Labute approximate surface area is 150 Å². The number of sulfonamides is 1. The Kier molecular flexibility index (Phi) is 5.86. The minimum absolute atomic E-state index is 0.260. The van der Waals surface area contributed by atoms with E-state index in [-0.39, 0.29) is 4.90 Å². The second-order valence-electron chi connectivity index (χ2n) is 6.75. The number of hydrogen-bond acceptors (Lipinski definition) is 5. The zero-order valence-corrected chi connectivity index (χ0v) is 15.9. The van der Waals surface area contributed by atoms with Crippen LogP contribution in [0.1, 0.15) is 32.1 Å². The summed E-state index contributed by atoms with van der Waals surface area (Å²) in [6.07, 6.45) is 6.44. The van der Waals surface area contributed by atoms with Gasteiger partial charge in [0, 0.05) is 38.3 Å². The monoisotopic (exact) mass is 368 g/mol. The number of nitrogens with zero attached hydrogens (tertiary/aromatic N) is 2. The molecule has 0 N–H and O–H groups in total. The van der Waals surface area contributed by atoms with E-state index in [0.29, 0.717) is 30.6 Å². The summed E-state index contributed by atoms with van der Waals surface area (Å²) in [4.78, 5) is 2.73. The van der Waals surface area contributed by atoms with Crippen LogP contribution in [0.25, 0.3) is 0 Å². The lowest BCUT2D eigenvalue weighted by Crippen LogP contribution is -2.52. The highest BCUT2D eigenvalue weighted by Crippen LogP contribution is 2.31. The smallest absolute Gasteiger partial charge is 0.243 e. The molecule has 0 aromatic heterocycles. The SMILES string of the molecule is COc1ccc(S(=O)(=O)N2CCN(C3CCCCC3)CC2)cc1OC. The molecular weight excluding hydrogens is 340 g/mol. The average Bonchev–Trinajstić information content (AvgIpc) is 2.68. The minimum atomic E-state index is -3.50. The zero-order chi connectivity index (χ0) is 17.9. The highest BCUT2D eigenvalue weighted by Gasteiger charge is 2.31. The van der Waals surface area contributed by atoms with Crippen LogP contribution in [0.15, 0.2) is 23.1 Å². The van der Waals surface area contributed by atoms with E-state index in [0.717, 1.165) is 13.1 Å². The average molecular weight is 368 g/mol. The number of rotatable bonds is 5. The van der Waals surface area contributed by atoms with Crippen LogP contribution in [0, 0.1) is 0 Å². The van der Waals surface area contributed by atoms with Gasteiger partial charge in [-0.15, -0.1) is 0 Å². The van der Waals surface area contributed by atoms with Crippen LogP contribution in [0.2, 0.25) is 0 Å². The molecule has 2 aliphatic rings. The van der Waals surface area contributed by atoms with Crippen LogP contribution in [0.5, 0.6) is 11.5 Å². The van der Waals surface area contributed by atoms with Crippen molar-refractivity contribution in [2.24, 2.45) is 0 Å². The fourth-order valence-electron chi connectivity index (χ4n) is 3.88. The third-order valence-corrected chi connectivity index (χ3v) is 7.25. The fraction of sp³-hybridized carbons (Fsp3) is 0.667. The van der Waals surface area contributed by atoms with Crippen molar-refractivity contribution in [1.29, 1.82) is 0 Å². The van der Waals surface area contributed by atoms with Crippen molar-refractivity contribution < 1.29 is 17.9 Å². The van der Waals surface area contributed by atoms with Gasteiger partial charge in [0.05, 0.1) is 19.1 Å². The zero-order valence-electron chi connectivity index (χ0n) is 15.1. The van der Waals surface area contributed by atoms with Gasteiger partial charge in [-0.3, -0.25) is 4.90 Å². The maximum absolute atomic E-state index is 12.9. The number of benzene rings is 1. The van der Waals surface area contributed by atoms with Crippen LogP contribution < -0.4 is 9.47 Å². The van der Waals surface area contributed by atoms with Crippen molar-refractivity contribution in [2.45, 2.75) is 43.0 Å². The van der Waals surface area contributed by atoms with Crippen LogP contribution in [-0.2, 0) is 10.0 Å². The molecule has 1 aliphatic heterocycles. The van der Waals surface area contributed by atoms with Gasteiger partial charge in [-0.1, -0.05) is 19.3 Å². The predicted molar refractivity (Wildman–Crippen MR) is 96.8 cm³/mol. The lowest BCUT2D eigenvalue weighted by molar-refractivity contribution is 0.111. The van der Waals surface area contributed by atoms with Gasteiger partial charge in [-0.2, -0.15) is 4.31 Å². The van der Waals surface area contributed by atoms with E-state index in [1.807, 2.05) is 0 Å². The van der Waals surface area contributed by atoms with E-state index in [9.17, 15) is 8.42 Å². The first-order valence-corrected chi connectivity index (χ1v) is 10.5. The van der Waals surface area contributed by atoms with Gasteiger partial charge in [0.1, 0.15) is 0 Å². The summed E-state index contributed by atoms with van der Waals surface area (Å²) in [6.45, 7) is 2.73. The van der Waals surface area contributed by atoms with Gasteiger partial charge >= 0.3 is 0 Å². The number of hydrogen-bond donors (Lipinski definition) is 0. The Balaban J connectivity index is 1.69. The molecule has 1 aromatic carbocycles. The summed E-state index contributed by atoms with van der Waals surface area (Å²) < 4.78 is 37.9. The van der Waals surface area contributed by atoms with Crippen LogP contribution in [-0.4, -0.2) is 64.1 Å². The highest BCUT2D eigenvalue weighted by atomic mass is 32.2. The number of methoxy groups -OCH3 is 2. The quantitative estimate of drug-likeness (QED) is 0.798. The van der Waals surface area contributed by atoms with Gasteiger partial charge in [-0.05, 0) is 25.0 Å². The molecule has 2 fully saturated rings. The van der Waals surface area contributed by atoms with Crippen molar-refractivity contribution in [3.63, 3.8) is 0 Å². The molecule has 0 atom stereocenters. The molecule has 0 amide bonds. The van der Waals surface area contributed by atoms with Gasteiger partial charge in [0.2, 0.25) is 10.0 Å². The summed E-state index contributed by atoms with van der Waals surface area (Å²) in [5, 5.41) is 0. The predicted octanol–water partition coefficient (Wildman–Crippen LogP) is 2.34. The highest BCUT2D eigenvalue weighted by molar-refractivity contribution is 7.89. The molecule has 1 saturated heterocycles. The number of ether oxygens (including phenoxy) is 2. The van der Waals surface area contributed by atoms with E-state index in [1.165, 1.54) is 46.3 Å². The Bertz CT molecular complexity index is 678. The minimum Gasteiger partial charge on any atom is -0.493 e. The van der Waals surface area contributed by atoms with Gasteiger partial charge in [0.25, 0.3) is 0 Å². The maximum Gasteiger partial charge on any atom is 0.243 e. The summed E-state index contributed by atoms with van der Waals surface area (Å²) in [7, 11) is -0.453. The molecule has 1 aromatic rings. The van der Waals surface area contributed by atoms with E-state index < -0.39 is 10.0 Å². The number of piperazine rings is 1. The van der Waals surface area contributed by atoms with E-state index in [1.54, 1.807) is 22.5 Å². The second-order valence-corrected chi connectivity index (χ2v) is 8.69. The molecule has 140 valence electrons. The first-order valence-electron chi connectivity index (χ1n) is 9.02. The molecule has 1 heterocycles. The normalized spacial score (nSPS) is 21.2. The van der Waals surface area contributed by atoms with Crippen molar-refractivity contribution in [1.82, 2.24) is 9.21 Å². The molecule has 0 radical (unpaired) electrons. The molecule has 1 saturated carbocycles. The molecule has 25 heavy (non-hydrogen) atoms. The maximum atomic E-state index is 12.9. The summed E-state index contributed by atoms with van der Waals surface area (Å²) in [5.41, 5.74) is 0. The Morgan fingerprint density at radius 2 is 1.56 bits per heavy atom. The lowest BCUT2D eigenvalue weighted by atomic mass is 9.94. The summed E-state index contributed by atoms with van der Waals surface area (Å²) in [6, 6.07) is 5.41. The third kappa shape index (κ3) is 3.93. The van der Waals surface area contributed by atoms with Crippen molar-refractivity contribution in [2.75, 3.05) is 40.4 Å². The van der Waals surface area contributed by atoms with Gasteiger partial charge < -0.3 is 9.47 Å². The standard InChI is InChI=1S/C18H28N2O4S/c1-23-17-9-8-16(14-18(17)24-2)25(21,22)20-12-10-19(11-13-20)15-6-4-3-5-7-15/h8-9,14-15H,3-7,10-13H2,1-2H3. The molecule has 3 rings (SSSR count). The Hall–Kier alpha value is -1.31. The van der Waals surface area contributed by atoms with Gasteiger partial charge in [-0.25, -0.2) is 8.42 Å². The van der Waals surface area contributed by atoms with Crippen LogP contribution >= 0.6 is 0 Å². The molecule has 1 aliphatic carbocycles. The lowest BCUT2D eigenvalue weighted by Gasteiger charge is -2.40. The molecule has 6 nitrogen and oxygen atoms in total. The van der Waals surface area contributed by atoms with E-state index in [4.69, 9.17) is 9.47 Å². The summed E-state index contributed by atoms with van der Waals surface area (Å²) >= 11 is 0. The van der Waals surface area contributed by atoms with Crippen molar-refractivity contribution in [3.05, 3.63) is 18.2 Å². The van der Waals surface area contributed by atoms with E-state index >= 15 is 0 Å². The topological polar surface area (TPSA) is 59.1 Å². The third-order valence-electron chi connectivity index (χ3n) is 5.36. The molecule has 0 spiro atoms. The second kappa shape index (κ2) is 7.93. The first kappa shape index (κ1) is 18.5. The van der Waals surface area contributed by atoms with Crippen LogP contribution in [0.4, 0.5) is 0 Å². The van der Waals surface area contributed by atoms with Crippen molar-refractivity contribution in [3.8, 4) is 11.5 Å².